The van der Waals surface area contributed by atoms with Crippen molar-refractivity contribution in [1.82, 2.24) is 0 Å². The van der Waals surface area contributed by atoms with Gasteiger partial charge in [0.1, 0.15) is 0 Å². The average molecular weight is 232 g/mol. The minimum absolute atomic E-state index is 0.0953. The van der Waals surface area contributed by atoms with Gasteiger partial charge in [-0.3, -0.25) is 0 Å². The van der Waals surface area contributed by atoms with E-state index in [0.717, 1.165) is 13.0 Å². The molecule has 1 aliphatic rings. The van der Waals surface area contributed by atoms with E-state index in [4.69, 9.17) is 9.47 Å². The summed E-state index contributed by atoms with van der Waals surface area (Å²) in [5.41, 5.74) is 1.22. The molecule has 0 aliphatic carbocycles. The molecule has 2 rings (SSSR count). The van der Waals surface area contributed by atoms with Crippen LogP contribution in [0.1, 0.15) is 31.9 Å². The highest BCUT2D eigenvalue weighted by Crippen LogP contribution is 2.38. The summed E-state index contributed by atoms with van der Waals surface area (Å²) in [6.07, 6.45) is 2.94. The van der Waals surface area contributed by atoms with Crippen LogP contribution in [0.3, 0.4) is 0 Å². The lowest BCUT2D eigenvalue weighted by Gasteiger charge is -2.41. The minimum Gasteiger partial charge on any atom is -0.350 e. The highest BCUT2D eigenvalue weighted by atomic mass is 16.7. The Balaban J connectivity index is 2.22. The first-order valence-corrected chi connectivity index (χ1v) is 6.10. The standard InChI is InChI=1S/C15H20O2/c1-4-8-13-11-16-15(2,3)17-14(13)12-9-6-5-7-10-12/h4-7,9-10,13-14H,1,8,11H2,2-3H3. The fourth-order valence-corrected chi connectivity index (χ4v) is 2.22. The van der Waals surface area contributed by atoms with E-state index in [2.05, 4.69) is 18.7 Å². The van der Waals surface area contributed by atoms with Crippen LogP contribution in [0.25, 0.3) is 0 Å². The van der Waals surface area contributed by atoms with E-state index >= 15 is 0 Å². The lowest BCUT2D eigenvalue weighted by Crippen LogP contribution is -2.41. The van der Waals surface area contributed by atoms with Crippen LogP contribution >= 0.6 is 0 Å². The van der Waals surface area contributed by atoms with E-state index in [1.165, 1.54) is 5.56 Å². The Morgan fingerprint density at radius 1 is 1.35 bits per heavy atom. The van der Waals surface area contributed by atoms with Crippen molar-refractivity contribution < 1.29 is 9.47 Å². The highest BCUT2D eigenvalue weighted by Gasteiger charge is 2.36. The predicted molar refractivity (Wildman–Crippen MR) is 68.6 cm³/mol. The molecule has 1 saturated heterocycles. The van der Waals surface area contributed by atoms with Gasteiger partial charge in [0.2, 0.25) is 0 Å². The Morgan fingerprint density at radius 3 is 2.71 bits per heavy atom. The van der Waals surface area contributed by atoms with Crippen molar-refractivity contribution in [2.75, 3.05) is 6.61 Å². The average Bonchev–Trinajstić information content (AvgIpc) is 2.32. The van der Waals surface area contributed by atoms with Crippen molar-refractivity contribution in [2.24, 2.45) is 5.92 Å². The van der Waals surface area contributed by atoms with Gasteiger partial charge in [-0.05, 0) is 25.8 Å². The number of hydrogen-bond acceptors (Lipinski definition) is 2. The van der Waals surface area contributed by atoms with E-state index < -0.39 is 5.79 Å². The smallest absolute Gasteiger partial charge is 0.163 e. The maximum Gasteiger partial charge on any atom is 0.163 e. The van der Waals surface area contributed by atoms with E-state index in [9.17, 15) is 0 Å². The van der Waals surface area contributed by atoms with Gasteiger partial charge in [0.15, 0.2) is 5.79 Å². The van der Waals surface area contributed by atoms with Gasteiger partial charge in [-0.15, -0.1) is 6.58 Å². The van der Waals surface area contributed by atoms with Gasteiger partial charge in [0.05, 0.1) is 12.7 Å². The molecule has 0 amide bonds. The van der Waals surface area contributed by atoms with Gasteiger partial charge < -0.3 is 9.47 Å². The van der Waals surface area contributed by atoms with E-state index in [1.807, 2.05) is 38.1 Å². The molecule has 2 heteroatoms. The second-order valence-electron chi connectivity index (χ2n) is 4.94. The Hall–Kier alpha value is -1.12. The molecule has 1 aromatic carbocycles. The number of allylic oxidation sites excluding steroid dienone is 1. The molecular weight excluding hydrogens is 212 g/mol. The summed E-state index contributed by atoms with van der Waals surface area (Å²) in [4.78, 5) is 0. The van der Waals surface area contributed by atoms with Gasteiger partial charge in [-0.25, -0.2) is 0 Å². The summed E-state index contributed by atoms with van der Waals surface area (Å²) in [5, 5.41) is 0. The van der Waals surface area contributed by atoms with Crippen LogP contribution < -0.4 is 0 Å². The lowest BCUT2D eigenvalue weighted by atomic mass is 9.92. The third-order valence-corrected chi connectivity index (χ3v) is 3.08. The van der Waals surface area contributed by atoms with Crippen LogP contribution in [-0.4, -0.2) is 12.4 Å². The summed E-state index contributed by atoms with van der Waals surface area (Å²) in [6, 6.07) is 10.3. The fraction of sp³-hybridized carbons (Fsp3) is 0.467. The van der Waals surface area contributed by atoms with E-state index in [1.54, 1.807) is 0 Å². The van der Waals surface area contributed by atoms with Crippen LogP contribution in [0.2, 0.25) is 0 Å². The van der Waals surface area contributed by atoms with Gasteiger partial charge in [0, 0.05) is 5.92 Å². The summed E-state index contributed by atoms with van der Waals surface area (Å²) in [5.74, 6) is -0.152. The molecule has 0 bridgehead atoms. The minimum atomic E-state index is -0.502. The van der Waals surface area contributed by atoms with Crippen LogP contribution in [-0.2, 0) is 9.47 Å². The van der Waals surface area contributed by atoms with Crippen molar-refractivity contribution in [2.45, 2.75) is 32.2 Å². The zero-order valence-corrected chi connectivity index (χ0v) is 10.6. The monoisotopic (exact) mass is 232 g/mol. The van der Waals surface area contributed by atoms with Crippen LogP contribution in [0.4, 0.5) is 0 Å². The maximum absolute atomic E-state index is 6.06. The quantitative estimate of drug-likeness (QED) is 0.740. The lowest BCUT2D eigenvalue weighted by molar-refractivity contribution is -0.295. The van der Waals surface area contributed by atoms with E-state index in [-0.39, 0.29) is 6.10 Å². The second kappa shape index (κ2) is 5.03. The molecule has 0 spiro atoms. The molecule has 0 aromatic heterocycles. The summed E-state index contributed by atoms with van der Waals surface area (Å²) in [6.45, 7) is 8.46. The topological polar surface area (TPSA) is 18.5 Å². The SMILES string of the molecule is C=CCC1COC(C)(C)OC1c1ccccc1. The van der Waals surface area contributed by atoms with Crippen molar-refractivity contribution >= 4 is 0 Å². The Labute approximate surface area is 103 Å². The van der Waals surface area contributed by atoms with Gasteiger partial charge in [-0.1, -0.05) is 36.4 Å². The first-order chi connectivity index (χ1) is 8.12. The first-order valence-electron chi connectivity index (χ1n) is 6.10. The van der Waals surface area contributed by atoms with Gasteiger partial charge in [0.25, 0.3) is 0 Å². The van der Waals surface area contributed by atoms with Crippen LogP contribution in [0.5, 0.6) is 0 Å². The molecule has 2 nitrogen and oxygen atoms in total. The summed E-state index contributed by atoms with van der Waals surface area (Å²) in [7, 11) is 0. The summed E-state index contributed by atoms with van der Waals surface area (Å²) >= 11 is 0. The van der Waals surface area contributed by atoms with Crippen LogP contribution in [0, 0.1) is 5.92 Å². The third kappa shape index (κ3) is 2.96. The second-order valence-corrected chi connectivity index (χ2v) is 4.94. The van der Waals surface area contributed by atoms with Gasteiger partial charge >= 0.3 is 0 Å². The molecule has 2 atom stereocenters. The molecule has 92 valence electrons. The van der Waals surface area contributed by atoms with Crippen LogP contribution in [0.15, 0.2) is 43.0 Å². The number of hydrogen-bond donors (Lipinski definition) is 0. The third-order valence-electron chi connectivity index (χ3n) is 3.08. The zero-order chi connectivity index (χ0) is 12.3. The van der Waals surface area contributed by atoms with Crippen molar-refractivity contribution in [3.05, 3.63) is 48.6 Å². The number of benzene rings is 1. The Kier molecular flexibility index (Phi) is 3.65. The number of ether oxygens (including phenoxy) is 2. The molecule has 0 radical (unpaired) electrons. The van der Waals surface area contributed by atoms with Crippen molar-refractivity contribution in [1.29, 1.82) is 0 Å². The maximum atomic E-state index is 6.06. The van der Waals surface area contributed by atoms with Crippen molar-refractivity contribution in [3.8, 4) is 0 Å². The molecule has 1 heterocycles. The molecule has 1 fully saturated rings. The van der Waals surface area contributed by atoms with Crippen molar-refractivity contribution in [3.63, 3.8) is 0 Å². The largest absolute Gasteiger partial charge is 0.350 e. The molecule has 0 saturated carbocycles. The predicted octanol–water partition coefficient (Wildman–Crippen LogP) is 3.70. The molecule has 1 aromatic rings. The normalized spacial score (nSPS) is 27.6. The fourth-order valence-electron chi connectivity index (χ4n) is 2.22. The molecule has 0 N–H and O–H groups in total. The molecule has 2 unspecified atom stereocenters. The molecule has 1 aliphatic heterocycles. The number of rotatable bonds is 3. The highest BCUT2D eigenvalue weighted by molar-refractivity contribution is 5.19. The Morgan fingerprint density at radius 2 is 2.06 bits per heavy atom. The zero-order valence-electron chi connectivity index (χ0n) is 10.6. The molecular formula is C15H20O2. The summed E-state index contributed by atoms with van der Waals surface area (Å²) < 4.78 is 11.8. The van der Waals surface area contributed by atoms with E-state index in [0.29, 0.717) is 5.92 Å². The molecule has 17 heavy (non-hydrogen) atoms. The van der Waals surface area contributed by atoms with Gasteiger partial charge in [-0.2, -0.15) is 0 Å². The first kappa shape index (κ1) is 12.3. The Bertz CT molecular complexity index is 370.